The van der Waals surface area contributed by atoms with Gasteiger partial charge in [0.2, 0.25) is 5.91 Å². The number of hydrogen-bond donors (Lipinski definition) is 1. The summed E-state index contributed by atoms with van der Waals surface area (Å²) in [4.78, 5) is 11.9. The summed E-state index contributed by atoms with van der Waals surface area (Å²) >= 11 is 0. The molecule has 0 atom stereocenters. The molecular formula is C13H16F3N5O2. The van der Waals surface area contributed by atoms with Gasteiger partial charge in [0.1, 0.15) is 19.9 Å². The molecule has 0 radical (unpaired) electrons. The average Bonchev–Trinajstić information content (AvgIpc) is 2.95. The number of rotatable bonds is 6. The lowest BCUT2D eigenvalue weighted by atomic mass is 10.4. The molecule has 0 saturated heterocycles. The Labute approximate surface area is 130 Å². The molecule has 126 valence electrons. The highest BCUT2D eigenvalue weighted by Crippen LogP contribution is 2.15. The van der Waals surface area contributed by atoms with Crippen LogP contribution < -0.4 is 5.32 Å². The van der Waals surface area contributed by atoms with E-state index in [0.717, 1.165) is 16.1 Å². The molecule has 0 aliphatic carbocycles. The van der Waals surface area contributed by atoms with Crippen LogP contribution in [0.25, 0.3) is 0 Å². The van der Waals surface area contributed by atoms with Gasteiger partial charge in [-0.1, -0.05) is 0 Å². The highest BCUT2D eigenvalue weighted by Gasteiger charge is 2.27. The van der Waals surface area contributed by atoms with Crippen molar-refractivity contribution in [1.29, 1.82) is 0 Å². The number of hydrogen-bond acceptors (Lipinski definition) is 4. The fourth-order valence-electron chi connectivity index (χ4n) is 1.93. The van der Waals surface area contributed by atoms with E-state index in [1.165, 1.54) is 12.4 Å². The zero-order valence-electron chi connectivity index (χ0n) is 12.6. The van der Waals surface area contributed by atoms with E-state index in [0.29, 0.717) is 5.69 Å². The molecule has 2 aromatic rings. The third-order valence-corrected chi connectivity index (χ3v) is 2.80. The summed E-state index contributed by atoms with van der Waals surface area (Å²) in [5.74, 6) is -0.313. The molecule has 2 aromatic heterocycles. The molecule has 0 unspecified atom stereocenters. The number of amides is 1. The van der Waals surface area contributed by atoms with Crippen molar-refractivity contribution in [2.45, 2.75) is 33.3 Å². The van der Waals surface area contributed by atoms with Gasteiger partial charge in [0.15, 0.2) is 0 Å². The van der Waals surface area contributed by atoms with E-state index in [1.54, 1.807) is 4.68 Å². The van der Waals surface area contributed by atoms with Crippen LogP contribution in [-0.2, 0) is 22.8 Å². The van der Waals surface area contributed by atoms with Crippen molar-refractivity contribution in [3.8, 4) is 0 Å². The lowest BCUT2D eigenvalue weighted by Gasteiger charge is -2.07. The first-order chi connectivity index (χ1) is 10.7. The fraction of sp³-hybridized carbons (Fsp3) is 0.462. The predicted octanol–water partition coefficient (Wildman–Crippen LogP) is 1.87. The van der Waals surface area contributed by atoms with Gasteiger partial charge in [-0.25, -0.2) is 4.68 Å². The first-order valence-corrected chi connectivity index (χ1v) is 6.71. The SMILES string of the molecule is Cc1cc(C)n(CC(=O)Nc2cnn(COCC(F)(F)F)c2)n1. The zero-order chi connectivity index (χ0) is 17.0. The molecular weight excluding hydrogens is 315 g/mol. The minimum Gasteiger partial charge on any atom is -0.350 e. The van der Waals surface area contributed by atoms with E-state index in [4.69, 9.17) is 0 Å². The quantitative estimate of drug-likeness (QED) is 0.877. The van der Waals surface area contributed by atoms with Crippen LogP contribution in [0.4, 0.5) is 18.9 Å². The zero-order valence-corrected chi connectivity index (χ0v) is 12.6. The van der Waals surface area contributed by atoms with Crippen LogP contribution in [0.2, 0.25) is 0 Å². The average molecular weight is 331 g/mol. The summed E-state index contributed by atoms with van der Waals surface area (Å²) < 4.78 is 43.1. The van der Waals surface area contributed by atoms with Crippen molar-refractivity contribution < 1.29 is 22.7 Å². The Bertz CT molecular complexity index is 677. The van der Waals surface area contributed by atoms with Gasteiger partial charge in [-0.05, 0) is 19.9 Å². The largest absolute Gasteiger partial charge is 0.411 e. The molecule has 0 saturated carbocycles. The number of aromatic nitrogens is 4. The molecule has 1 N–H and O–H groups in total. The molecule has 10 heteroatoms. The third-order valence-electron chi connectivity index (χ3n) is 2.80. The number of aryl methyl sites for hydroxylation is 2. The van der Waals surface area contributed by atoms with Crippen LogP contribution in [0.15, 0.2) is 18.5 Å². The van der Waals surface area contributed by atoms with Crippen molar-refractivity contribution in [1.82, 2.24) is 19.6 Å². The maximum absolute atomic E-state index is 12.0. The van der Waals surface area contributed by atoms with Gasteiger partial charge in [-0.2, -0.15) is 23.4 Å². The van der Waals surface area contributed by atoms with Gasteiger partial charge in [0.25, 0.3) is 0 Å². The monoisotopic (exact) mass is 331 g/mol. The Balaban J connectivity index is 1.84. The standard InChI is InChI=1S/C13H16F3N5O2/c1-9-3-10(2)21(19-9)6-12(22)18-11-4-17-20(5-11)8-23-7-13(14,15)16/h3-5H,6-8H2,1-2H3,(H,18,22). The Kier molecular flexibility index (Phi) is 5.04. The van der Waals surface area contributed by atoms with Gasteiger partial charge in [-0.3, -0.25) is 9.48 Å². The maximum atomic E-state index is 12.0. The second-order valence-electron chi connectivity index (χ2n) is 4.99. The van der Waals surface area contributed by atoms with Crippen molar-refractivity contribution in [3.63, 3.8) is 0 Å². The van der Waals surface area contributed by atoms with Crippen LogP contribution in [0.3, 0.4) is 0 Å². The number of alkyl halides is 3. The van der Waals surface area contributed by atoms with Crippen LogP contribution >= 0.6 is 0 Å². The van der Waals surface area contributed by atoms with Gasteiger partial charge in [0.05, 0.1) is 23.8 Å². The van der Waals surface area contributed by atoms with Gasteiger partial charge >= 0.3 is 6.18 Å². The number of halogens is 3. The fourth-order valence-corrected chi connectivity index (χ4v) is 1.93. The minimum absolute atomic E-state index is 0.0371. The van der Waals surface area contributed by atoms with E-state index >= 15 is 0 Å². The number of nitrogens with zero attached hydrogens (tertiary/aromatic N) is 4. The molecule has 2 rings (SSSR count). The summed E-state index contributed by atoms with van der Waals surface area (Å²) in [6.07, 6.45) is -1.67. The van der Waals surface area contributed by atoms with Crippen LogP contribution in [0, 0.1) is 13.8 Å². The first kappa shape index (κ1) is 17.0. The lowest BCUT2D eigenvalue weighted by Crippen LogP contribution is -2.20. The van der Waals surface area contributed by atoms with E-state index in [1.807, 2.05) is 19.9 Å². The molecule has 0 fully saturated rings. The van der Waals surface area contributed by atoms with Gasteiger partial charge in [-0.15, -0.1) is 0 Å². The van der Waals surface area contributed by atoms with Gasteiger partial charge < -0.3 is 10.1 Å². The smallest absolute Gasteiger partial charge is 0.350 e. The van der Waals surface area contributed by atoms with Gasteiger partial charge in [0, 0.05) is 5.69 Å². The lowest BCUT2D eigenvalue weighted by molar-refractivity contribution is -0.182. The Morgan fingerprint density at radius 1 is 1.39 bits per heavy atom. The summed E-state index contributed by atoms with van der Waals surface area (Å²) in [7, 11) is 0. The molecule has 0 bridgehead atoms. The van der Waals surface area contributed by atoms with E-state index < -0.39 is 12.8 Å². The normalized spacial score (nSPS) is 11.7. The van der Waals surface area contributed by atoms with Crippen molar-refractivity contribution >= 4 is 11.6 Å². The second-order valence-corrected chi connectivity index (χ2v) is 4.99. The van der Waals surface area contributed by atoms with Crippen molar-refractivity contribution in [3.05, 3.63) is 29.8 Å². The van der Waals surface area contributed by atoms with Crippen LogP contribution in [0.1, 0.15) is 11.4 Å². The Morgan fingerprint density at radius 3 is 2.74 bits per heavy atom. The third kappa shape index (κ3) is 5.40. The summed E-state index contributed by atoms with van der Waals surface area (Å²) in [5, 5.41) is 10.6. The highest BCUT2D eigenvalue weighted by molar-refractivity contribution is 5.90. The van der Waals surface area contributed by atoms with E-state index in [2.05, 4.69) is 20.3 Å². The molecule has 0 aromatic carbocycles. The molecule has 0 aliphatic rings. The van der Waals surface area contributed by atoms with E-state index in [9.17, 15) is 18.0 Å². The number of anilines is 1. The van der Waals surface area contributed by atoms with E-state index in [-0.39, 0.29) is 19.2 Å². The Hall–Kier alpha value is -2.36. The molecule has 2 heterocycles. The van der Waals surface area contributed by atoms with Crippen LogP contribution in [0.5, 0.6) is 0 Å². The summed E-state index contributed by atoms with van der Waals surface area (Å²) in [6.45, 7) is 1.99. The minimum atomic E-state index is -4.38. The first-order valence-electron chi connectivity index (χ1n) is 6.71. The van der Waals surface area contributed by atoms with Crippen molar-refractivity contribution in [2.24, 2.45) is 0 Å². The topological polar surface area (TPSA) is 74.0 Å². The molecule has 1 amide bonds. The number of carbonyl (C=O) groups is 1. The number of nitrogens with one attached hydrogen (secondary N) is 1. The highest BCUT2D eigenvalue weighted by atomic mass is 19.4. The Morgan fingerprint density at radius 2 is 2.13 bits per heavy atom. The molecule has 0 aliphatic heterocycles. The summed E-state index contributed by atoms with van der Waals surface area (Å²) in [5.41, 5.74) is 2.03. The summed E-state index contributed by atoms with van der Waals surface area (Å²) in [6, 6.07) is 1.85. The maximum Gasteiger partial charge on any atom is 0.411 e. The molecule has 7 nitrogen and oxygen atoms in total. The predicted molar refractivity (Wildman–Crippen MR) is 74.6 cm³/mol. The number of ether oxygens (including phenoxy) is 1. The number of carbonyl (C=O) groups excluding carboxylic acids is 1. The van der Waals surface area contributed by atoms with Crippen LogP contribution in [-0.4, -0.2) is 38.3 Å². The molecule has 0 spiro atoms. The molecule has 23 heavy (non-hydrogen) atoms. The van der Waals surface area contributed by atoms with Crippen molar-refractivity contribution in [2.75, 3.05) is 11.9 Å². The second kappa shape index (κ2) is 6.82.